The van der Waals surface area contributed by atoms with Crippen LogP contribution in [0.4, 0.5) is 5.13 Å². The van der Waals surface area contributed by atoms with Gasteiger partial charge in [-0.3, -0.25) is 9.59 Å². The molecule has 0 aliphatic carbocycles. The van der Waals surface area contributed by atoms with E-state index in [1.54, 1.807) is 12.2 Å². The molecular formula is C18H16N2O4S. The Bertz CT molecular complexity index is 861. The Labute approximate surface area is 148 Å². The van der Waals surface area contributed by atoms with Gasteiger partial charge in [-0.2, -0.15) is 0 Å². The maximum absolute atomic E-state index is 12.7. The van der Waals surface area contributed by atoms with Crippen LogP contribution < -0.4 is 5.32 Å². The predicted octanol–water partition coefficient (Wildman–Crippen LogP) is 2.71. The summed E-state index contributed by atoms with van der Waals surface area (Å²) in [6, 6.07) is 9.72. The van der Waals surface area contributed by atoms with Crippen molar-refractivity contribution in [1.29, 1.82) is 0 Å². The first-order valence-electron chi connectivity index (χ1n) is 7.95. The van der Waals surface area contributed by atoms with E-state index >= 15 is 0 Å². The van der Waals surface area contributed by atoms with Crippen LogP contribution in [-0.4, -0.2) is 34.2 Å². The van der Waals surface area contributed by atoms with E-state index in [1.165, 1.54) is 11.3 Å². The number of fused-ring (bicyclic) bond motifs is 2. The number of benzene rings is 1. The van der Waals surface area contributed by atoms with Crippen molar-refractivity contribution in [2.45, 2.75) is 19.1 Å². The fourth-order valence-electron chi connectivity index (χ4n) is 3.42. The lowest BCUT2D eigenvalue weighted by Gasteiger charge is -2.20. The number of carbonyl (C=O) groups excluding carboxylic acids is 1. The van der Waals surface area contributed by atoms with E-state index in [1.807, 2.05) is 37.3 Å². The maximum Gasteiger partial charge on any atom is 0.310 e. The van der Waals surface area contributed by atoms with Crippen LogP contribution in [-0.2, 0) is 14.3 Å². The Balaban J connectivity index is 1.56. The third kappa shape index (κ3) is 2.75. The van der Waals surface area contributed by atoms with Gasteiger partial charge in [-0.25, -0.2) is 4.98 Å². The Kier molecular flexibility index (Phi) is 3.89. The molecule has 0 unspecified atom stereocenters. The van der Waals surface area contributed by atoms with E-state index in [-0.39, 0.29) is 5.91 Å². The summed E-state index contributed by atoms with van der Waals surface area (Å²) >= 11 is 1.38. The molecule has 1 aromatic carbocycles. The molecule has 0 spiro atoms. The number of hydrogen-bond acceptors (Lipinski definition) is 5. The number of rotatable bonds is 4. The van der Waals surface area contributed by atoms with E-state index in [0.29, 0.717) is 5.13 Å². The quantitative estimate of drug-likeness (QED) is 0.823. The number of carboxylic acid groups (broad SMARTS) is 1. The standard InChI is InChI=1S/C18H16N2O4S/c1-9-15(10-5-3-2-4-6-10)19-18(25-9)20-16(21)13-11-7-8-12(24-11)14(13)17(22)23/h2-8,11-14H,1H3,(H,22,23)(H,19,20,21)/t11-,12-,13-,14-/m0/s1. The van der Waals surface area contributed by atoms with Crippen molar-refractivity contribution in [3.63, 3.8) is 0 Å². The SMILES string of the molecule is Cc1sc(NC(=O)[C@@H]2[C@@H](C(=O)O)[C@@H]3C=C[C@@H]2O3)nc1-c1ccccc1. The van der Waals surface area contributed by atoms with Crippen LogP contribution in [0.5, 0.6) is 0 Å². The first-order chi connectivity index (χ1) is 12.0. The molecule has 128 valence electrons. The minimum atomic E-state index is -1.02. The molecule has 25 heavy (non-hydrogen) atoms. The molecule has 6 nitrogen and oxygen atoms in total. The number of amides is 1. The van der Waals surface area contributed by atoms with Crippen LogP contribution in [0.1, 0.15) is 4.88 Å². The van der Waals surface area contributed by atoms with E-state index in [0.717, 1.165) is 16.1 Å². The van der Waals surface area contributed by atoms with Crippen molar-refractivity contribution in [2.75, 3.05) is 5.32 Å². The van der Waals surface area contributed by atoms with E-state index in [4.69, 9.17) is 4.74 Å². The molecular weight excluding hydrogens is 340 g/mol. The van der Waals surface area contributed by atoms with Gasteiger partial charge >= 0.3 is 5.97 Å². The molecule has 1 aromatic heterocycles. The number of nitrogens with zero attached hydrogens (tertiary/aromatic N) is 1. The third-order valence-electron chi connectivity index (χ3n) is 4.56. The van der Waals surface area contributed by atoms with Crippen molar-refractivity contribution in [3.8, 4) is 11.3 Å². The van der Waals surface area contributed by atoms with Crippen LogP contribution in [0.2, 0.25) is 0 Å². The number of carboxylic acids is 1. The van der Waals surface area contributed by atoms with Crippen LogP contribution in [0, 0.1) is 18.8 Å². The van der Waals surface area contributed by atoms with Crippen molar-refractivity contribution in [1.82, 2.24) is 4.98 Å². The minimum absolute atomic E-state index is 0.363. The number of anilines is 1. The zero-order valence-electron chi connectivity index (χ0n) is 13.4. The minimum Gasteiger partial charge on any atom is -0.481 e. The van der Waals surface area contributed by atoms with Crippen LogP contribution in [0.25, 0.3) is 11.3 Å². The maximum atomic E-state index is 12.7. The second kappa shape index (κ2) is 6.09. The van der Waals surface area contributed by atoms with E-state index in [2.05, 4.69) is 10.3 Å². The Hall–Kier alpha value is -2.51. The molecule has 0 radical (unpaired) electrons. The highest BCUT2D eigenvalue weighted by atomic mass is 32.1. The molecule has 1 saturated heterocycles. The molecule has 1 amide bonds. The average molecular weight is 356 g/mol. The smallest absolute Gasteiger partial charge is 0.310 e. The van der Waals surface area contributed by atoms with Gasteiger partial charge in [0.15, 0.2) is 5.13 Å². The average Bonchev–Trinajstić information content (AvgIpc) is 3.29. The number of aliphatic carboxylic acids is 1. The number of hydrogen-bond donors (Lipinski definition) is 2. The second-order valence-electron chi connectivity index (χ2n) is 6.12. The highest BCUT2D eigenvalue weighted by Crippen LogP contribution is 2.40. The summed E-state index contributed by atoms with van der Waals surface area (Å²) < 4.78 is 5.55. The second-order valence-corrected chi connectivity index (χ2v) is 7.32. The first-order valence-corrected chi connectivity index (χ1v) is 8.76. The van der Waals surface area contributed by atoms with Gasteiger partial charge in [0.05, 0.1) is 23.8 Å². The van der Waals surface area contributed by atoms with Crippen LogP contribution in [0.15, 0.2) is 42.5 Å². The summed E-state index contributed by atoms with van der Waals surface area (Å²) in [6.45, 7) is 1.94. The monoisotopic (exact) mass is 356 g/mol. The van der Waals surface area contributed by atoms with Crippen molar-refractivity contribution >= 4 is 28.3 Å². The fourth-order valence-corrected chi connectivity index (χ4v) is 4.26. The summed E-state index contributed by atoms with van der Waals surface area (Å²) in [6.07, 6.45) is 2.46. The Morgan fingerprint density at radius 2 is 1.84 bits per heavy atom. The molecule has 2 aliphatic rings. The normalized spacial score (nSPS) is 26.8. The summed E-state index contributed by atoms with van der Waals surface area (Å²) in [5, 5.41) is 12.7. The van der Waals surface area contributed by atoms with Gasteiger partial charge in [-0.05, 0) is 6.92 Å². The Morgan fingerprint density at radius 1 is 1.16 bits per heavy atom. The van der Waals surface area contributed by atoms with Gasteiger partial charge in [0, 0.05) is 10.4 Å². The number of aromatic nitrogens is 1. The molecule has 2 aliphatic heterocycles. The van der Waals surface area contributed by atoms with Gasteiger partial charge in [0.25, 0.3) is 0 Å². The molecule has 2 bridgehead atoms. The van der Waals surface area contributed by atoms with E-state index < -0.39 is 30.0 Å². The van der Waals surface area contributed by atoms with Crippen molar-refractivity contribution in [2.24, 2.45) is 11.8 Å². The lowest BCUT2D eigenvalue weighted by Crippen LogP contribution is -2.39. The molecule has 2 N–H and O–H groups in total. The van der Waals surface area contributed by atoms with Gasteiger partial charge in [0.1, 0.15) is 5.92 Å². The Morgan fingerprint density at radius 3 is 2.52 bits per heavy atom. The molecule has 7 heteroatoms. The fraction of sp³-hybridized carbons (Fsp3) is 0.278. The molecule has 3 heterocycles. The number of ether oxygens (including phenoxy) is 1. The summed E-state index contributed by atoms with van der Waals surface area (Å²) in [5.41, 5.74) is 1.80. The summed E-state index contributed by atoms with van der Waals surface area (Å²) in [4.78, 5) is 29.6. The topological polar surface area (TPSA) is 88.5 Å². The molecule has 4 rings (SSSR count). The predicted molar refractivity (Wildman–Crippen MR) is 93.3 cm³/mol. The lowest BCUT2D eigenvalue weighted by molar-refractivity contribution is -0.145. The van der Waals surface area contributed by atoms with Gasteiger partial charge < -0.3 is 15.2 Å². The van der Waals surface area contributed by atoms with Gasteiger partial charge in [-0.1, -0.05) is 42.5 Å². The number of thiazole rings is 1. The van der Waals surface area contributed by atoms with Crippen molar-refractivity contribution in [3.05, 3.63) is 47.4 Å². The number of nitrogens with one attached hydrogen (secondary N) is 1. The van der Waals surface area contributed by atoms with Gasteiger partial charge in [0.2, 0.25) is 5.91 Å². The van der Waals surface area contributed by atoms with Crippen LogP contribution in [0.3, 0.4) is 0 Å². The third-order valence-corrected chi connectivity index (χ3v) is 5.45. The number of carbonyl (C=O) groups is 2. The highest BCUT2D eigenvalue weighted by Gasteiger charge is 2.53. The molecule has 2 aromatic rings. The van der Waals surface area contributed by atoms with Crippen LogP contribution >= 0.6 is 11.3 Å². The highest BCUT2D eigenvalue weighted by molar-refractivity contribution is 7.16. The summed E-state index contributed by atoms with van der Waals surface area (Å²) in [5.74, 6) is -2.98. The van der Waals surface area contributed by atoms with E-state index in [9.17, 15) is 14.7 Å². The lowest BCUT2D eigenvalue weighted by atomic mass is 9.82. The first kappa shape index (κ1) is 16.0. The summed E-state index contributed by atoms with van der Waals surface area (Å²) in [7, 11) is 0. The zero-order chi connectivity index (χ0) is 17.6. The van der Waals surface area contributed by atoms with Crippen molar-refractivity contribution < 1.29 is 19.4 Å². The number of aryl methyl sites for hydroxylation is 1. The van der Waals surface area contributed by atoms with Gasteiger partial charge in [-0.15, -0.1) is 11.3 Å². The molecule has 1 fully saturated rings. The molecule has 4 atom stereocenters. The largest absolute Gasteiger partial charge is 0.481 e. The zero-order valence-corrected chi connectivity index (χ0v) is 14.2. The molecule has 0 saturated carbocycles.